The van der Waals surface area contributed by atoms with Gasteiger partial charge in [-0.25, -0.2) is 9.18 Å². The molecule has 0 spiro atoms. The highest BCUT2D eigenvalue weighted by atomic mass is 19.1. The molecular weight excluding hydrogens is 461 g/mol. The summed E-state index contributed by atoms with van der Waals surface area (Å²) in [6, 6.07) is 10.6. The molecule has 2 fully saturated rings. The van der Waals surface area contributed by atoms with Crippen LogP contribution in [0, 0.1) is 12.7 Å². The van der Waals surface area contributed by atoms with Gasteiger partial charge in [0, 0.05) is 36.4 Å². The number of Topliss-reactive ketones (excluding diaryl/α,β-unsaturated/α-hetero) is 1. The van der Waals surface area contributed by atoms with Crippen molar-refractivity contribution in [3.05, 3.63) is 64.5 Å². The molecule has 2 N–H and O–H groups in total. The van der Waals surface area contributed by atoms with E-state index in [1.165, 1.54) is 16.5 Å². The fourth-order valence-electron chi connectivity index (χ4n) is 5.05. The van der Waals surface area contributed by atoms with Gasteiger partial charge in [-0.1, -0.05) is 37.6 Å². The number of carbonyl (C=O) groups excluding carboxylic acids is 3. The number of nitrogens with one attached hydrogen (secondary N) is 2. The minimum atomic E-state index is -0.552. The smallest absolute Gasteiger partial charge is 0.414 e. The van der Waals surface area contributed by atoms with E-state index in [4.69, 9.17) is 4.74 Å². The van der Waals surface area contributed by atoms with Crippen molar-refractivity contribution in [2.24, 2.45) is 0 Å². The number of ether oxygens (including phenoxy) is 1. The fraction of sp³-hybridized carbons (Fsp3) is 0.464. The Bertz CT molecular complexity index is 1130. The largest absolute Gasteiger partial charge is 0.442 e. The minimum absolute atomic E-state index is 0.00299. The number of carbonyl (C=O) groups is 3. The molecule has 2 aromatic rings. The molecule has 2 saturated heterocycles. The van der Waals surface area contributed by atoms with Crippen LogP contribution in [0.1, 0.15) is 65.6 Å². The third kappa shape index (κ3) is 5.93. The number of hydrogen-bond acceptors (Lipinski definition) is 5. The Kier molecular flexibility index (Phi) is 8.36. The maximum atomic E-state index is 14.7. The second kappa shape index (κ2) is 11.6. The zero-order valence-corrected chi connectivity index (χ0v) is 20.9. The molecule has 4 rings (SSSR count). The summed E-state index contributed by atoms with van der Waals surface area (Å²) < 4.78 is 20.1. The monoisotopic (exact) mass is 495 g/mol. The highest BCUT2D eigenvalue weighted by Gasteiger charge is 2.36. The van der Waals surface area contributed by atoms with Gasteiger partial charge < -0.3 is 15.4 Å². The van der Waals surface area contributed by atoms with Gasteiger partial charge in [-0.05, 0) is 49.6 Å². The lowest BCUT2D eigenvalue weighted by Crippen LogP contribution is -2.35. The summed E-state index contributed by atoms with van der Waals surface area (Å²) in [5.74, 6) is -0.673. The molecule has 2 heterocycles. The van der Waals surface area contributed by atoms with Gasteiger partial charge in [-0.15, -0.1) is 0 Å². The Balaban J connectivity index is 1.29. The van der Waals surface area contributed by atoms with Crippen molar-refractivity contribution in [2.75, 3.05) is 31.1 Å². The number of amides is 2. The van der Waals surface area contributed by atoms with Crippen molar-refractivity contribution in [1.29, 1.82) is 0 Å². The van der Waals surface area contributed by atoms with Gasteiger partial charge in [-0.3, -0.25) is 14.5 Å². The molecule has 2 aliphatic heterocycles. The number of cyclic esters (lactones) is 1. The molecule has 0 aliphatic carbocycles. The molecule has 0 bridgehead atoms. The lowest BCUT2D eigenvalue weighted by molar-refractivity contribution is -0.121. The first-order valence-electron chi connectivity index (χ1n) is 12.7. The number of aryl methyl sites for hydroxylation is 2. The Morgan fingerprint density at radius 1 is 1.22 bits per heavy atom. The minimum Gasteiger partial charge on any atom is -0.442 e. The van der Waals surface area contributed by atoms with Crippen LogP contribution >= 0.6 is 0 Å². The molecule has 8 heteroatoms. The predicted octanol–water partition coefficient (Wildman–Crippen LogP) is 4.27. The molecule has 2 aliphatic rings. The molecule has 7 nitrogen and oxygen atoms in total. The maximum absolute atomic E-state index is 14.7. The summed E-state index contributed by atoms with van der Waals surface area (Å²) in [6.45, 7) is 5.86. The average molecular weight is 496 g/mol. The molecule has 1 unspecified atom stereocenters. The zero-order valence-electron chi connectivity index (χ0n) is 20.9. The molecule has 192 valence electrons. The van der Waals surface area contributed by atoms with E-state index in [2.05, 4.69) is 17.6 Å². The van der Waals surface area contributed by atoms with Gasteiger partial charge in [0.25, 0.3) is 0 Å². The number of ketones is 1. The van der Waals surface area contributed by atoms with E-state index < -0.39 is 12.2 Å². The molecule has 2 atom stereocenters. The third-order valence-corrected chi connectivity index (χ3v) is 6.90. The lowest BCUT2D eigenvalue weighted by Gasteiger charge is -2.21. The second-order valence-corrected chi connectivity index (χ2v) is 9.61. The predicted molar refractivity (Wildman–Crippen MR) is 136 cm³/mol. The van der Waals surface area contributed by atoms with Crippen LogP contribution in [0.2, 0.25) is 0 Å². The van der Waals surface area contributed by atoms with Crippen LogP contribution in [0.25, 0.3) is 0 Å². The summed E-state index contributed by atoms with van der Waals surface area (Å²) in [5.41, 5.74) is 3.82. The Morgan fingerprint density at radius 3 is 2.78 bits per heavy atom. The molecule has 0 saturated carbocycles. The first-order chi connectivity index (χ1) is 17.4. The van der Waals surface area contributed by atoms with Crippen LogP contribution < -0.4 is 15.5 Å². The highest BCUT2D eigenvalue weighted by Crippen LogP contribution is 2.35. The topological polar surface area (TPSA) is 87.7 Å². The number of halogens is 1. The fourth-order valence-corrected chi connectivity index (χ4v) is 5.05. The van der Waals surface area contributed by atoms with Gasteiger partial charge >= 0.3 is 6.09 Å². The van der Waals surface area contributed by atoms with Crippen molar-refractivity contribution in [1.82, 2.24) is 10.6 Å². The van der Waals surface area contributed by atoms with Crippen LogP contribution in [0.15, 0.2) is 36.4 Å². The molecule has 0 aromatic heterocycles. The van der Waals surface area contributed by atoms with Gasteiger partial charge in [0.1, 0.15) is 11.9 Å². The molecule has 0 radical (unpaired) electrons. The average Bonchev–Trinajstić information content (AvgIpc) is 3.51. The van der Waals surface area contributed by atoms with Crippen LogP contribution in [-0.4, -0.2) is 50.1 Å². The van der Waals surface area contributed by atoms with Gasteiger partial charge in [0.2, 0.25) is 5.91 Å². The SMILES string of the molecule is CCCc1ccc(C(=O)CCC(=O)NC[C@H]2CN(c3cccc(F)c3C3CCNC3)C(=O)O2)c(C)c1. The first-order valence-corrected chi connectivity index (χ1v) is 12.7. The summed E-state index contributed by atoms with van der Waals surface area (Å²) in [5, 5.41) is 6.00. The lowest BCUT2D eigenvalue weighted by atomic mass is 9.95. The van der Waals surface area contributed by atoms with Crippen molar-refractivity contribution in [3.8, 4) is 0 Å². The highest BCUT2D eigenvalue weighted by molar-refractivity contribution is 5.99. The molecule has 2 aromatic carbocycles. The number of nitrogens with zero attached hydrogens (tertiary/aromatic N) is 1. The maximum Gasteiger partial charge on any atom is 0.414 e. The molecule has 2 amide bonds. The van der Waals surface area contributed by atoms with Crippen molar-refractivity contribution >= 4 is 23.5 Å². The van der Waals surface area contributed by atoms with Crippen molar-refractivity contribution in [2.45, 2.75) is 58.0 Å². The number of benzene rings is 2. The van der Waals surface area contributed by atoms with E-state index in [0.29, 0.717) is 23.4 Å². The van der Waals surface area contributed by atoms with E-state index in [1.54, 1.807) is 12.1 Å². The number of anilines is 1. The van der Waals surface area contributed by atoms with Crippen LogP contribution in [0.3, 0.4) is 0 Å². The third-order valence-electron chi connectivity index (χ3n) is 6.90. The van der Waals surface area contributed by atoms with Crippen LogP contribution in [0.5, 0.6) is 0 Å². The van der Waals surface area contributed by atoms with E-state index in [9.17, 15) is 18.8 Å². The van der Waals surface area contributed by atoms with E-state index in [0.717, 1.165) is 31.4 Å². The van der Waals surface area contributed by atoms with Crippen LogP contribution in [0.4, 0.5) is 14.9 Å². The zero-order chi connectivity index (χ0) is 25.7. The summed E-state index contributed by atoms with van der Waals surface area (Å²) in [4.78, 5) is 39.0. The van der Waals surface area contributed by atoms with Crippen molar-refractivity contribution < 1.29 is 23.5 Å². The summed E-state index contributed by atoms with van der Waals surface area (Å²) in [6.07, 6.45) is 1.88. The number of hydrogen-bond donors (Lipinski definition) is 2. The summed E-state index contributed by atoms with van der Waals surface area (Å²) in [7, 11) is 0. The van der Waals surface area contributed by atoms with Gasteiger partial charge in [-0.2, -0.15) is 0 Å². The summed E-state index contributed by atoms with van der Waals surface area (Å²) >= 11 is 0. The van der Waals surface area contributed by atoms with Gasteiger partial charge in [0.05, 0.1) is 18.8 Å². The number of rotatable bonds is 10. The second-order valence-electron chi connectivity index (χ2n) is 9.61. The van der Waals surface area contributed by atoms with E-state index in [1.807, 2.05) is 25.1 Å². The van der Waals surface area contributed by atoms with Crippen LogP contribution in [-0.2, 0) is 16.0 Å². The Hall–Kier alpha value is -3.26. The first kappa shape index (κ1) is 25.8. The van der Waals surface area contributed by atoms with E-state index >= 15 is 0 Å². The Labute approximate surface area is 211 Å². The Morgan fingerprint density at radius 2 is 2.06 bits per heavy atom. The van der Waals surface area contributed by atoms with Gasteiger partial charge in [0.15, 0.2) is 5.78 Å². The standard InChI is InChI=1S/C28H34FN3O4/c1-3-5-19-8-9-22(18(2)14-19)25(33)10-11-26(34)31-16-21-17-32(28(35)36-21)24-7-4-6-23(29)27(24)20-12-13-30-15-20/h4,6-9,14,20-21,30H,3,5,10-13,15-17H2,1-2H3,(H,31,34)/t20?,21-/m0/s1. The molecular formula is C28H34FN3O4. The normalized spacial score (nSPS) is 19.4. The van der Waals surface area contributed by atoms with E-state index in [-0.39, 0.29) is 49.4 Å². The quantitative estimate of drug-likeness (QED) is 0.481. The molecule has 36 heavy (non-hydrogen) atoms. The van der Waals surface area contributed by atoms with Crippen molar-refractivity contribution in [3.63, 3.8) is 0 Å².